The number of aromatic nitrogens is 8. The standard InChI is InChI=1S/C23H25ClN4O3S.C22H23ClN4O3S.C22H20ClN3O2.2C20H19ClN4O2/c1-16-18(9-11-22(26-16)32(30,31)14-6-13-28(2)3)23(29)27-17-8-10-20(24)19(15-17)21-7-4-5-12-25-21;1-27(2)14-13-25-31(29,30)18-9-6-16(7-10-18)22(28)26-17-8-11-20(23)19(15-17)21-5-3-4-12-24-21;23-20-9-6-17(15-19(20)21-3-1-2-10-24-21)25-22(27)16-4-7-18(8-5-16)26-11-13-28-14-12-26;1-13-15(6-8-19(24-13)23-10-11-26)20(27)25-14-5-7-17(21)16(12-14)18-4-2-3-9-22-18;1-27-11-10-24-19-12-14(7-9-23-19)20(26)25-15-5-6-17(21)16(13-15)18-4-2-3-8-22-18/h4-5,7-12,15H,6,13-14H2,1-3H3,(H,27,29);3-12,15,25H,13-14H2,1-2H3,(H,26,28);1-10,15H,11-14H2,(H,25,27);2-9,12,26H,10-11H2,1H3,(H,23,24)(H,25,27);2-9,12-13H,10-11H2,1H3,(H,23,24)(H,25,26). The number of likely N-dealkylation sites (N-methyl/N-ethyl adjacent to an activating group) is 1. The summed E-state index contributed by atoms with van der Waals surface area (Å²) in [5.41, 5.74) is 14.6. The van der Waals surface area contributed by atoms with Gasteiger partial charge in [0.1, 0.15) is 11.6 Å². The number of morpholine rings is 1. The lowest BCUT2D eigenvalue weighted by Gasteiger charge is -2.28. The van der Waals surface area contributed by atoms with Gasteiger partial charge in [-0.25, -0.2) is 36.5 Å². The van der Waals surface area contributed by atoms with Gasteiger partial charge in [0.15, 0.2) is 14.9 Å². The van der Waals surface area contributed by atoms with Crippen LogP contribution in [0.5, 0.6) is 0 Å². The molecule has 16 rings (SSSR count). The Kier molecular flexibility index (Phi) is 41.0. The molecule has 31 nitrogen and oxygen atoms in total. The predicted octanol–water partition coefficient (Wildman–Crippen LogP) is 19.9. The molecule has 8 aromatic heterocycles. The summed E-state index contributed by atoms with van der Waals surface area (Å²) in [5, 5.41) is 32.0. The number of halogens is 5. The minimum atomic E-state index is -3.63. The molecule has 0 atom stereocenters. The van der Waals surface area contributed by atoms with Crippen LogP contribution >= 0.6 is 58.0 Å². The number of aryl methyl sites for hydroxylation is 2. The monoisotopic (exact) mass is 2090 g/mol. The number of benzene rings is 7. The van der Waals surface area contributed by atoms with Crippen LogP contribution in [0.3, 0.4) is 0 Å². The van der Waals surface area contributed by atoms with Gasteiger partial charge in [0.25, 0.3) is 29.5 Å². The fraction of sp³-hybridized carbons (Fsp3) is 0.187. The molecule has 0 spiro atoms. The van der Waals surface area contributed by atoms with E-state index in [0.29, 0.717) is 173 Å². The smallest absolute Gasteiger partial charge is 0.257 e. The van der Waals surface area contributed by atoms with Crippen molar-refractivity contribution in [3.8, 4) is 56.3 Å². The summed E-state index contributed by atoms with van der Waals surface area (Å²) >= 11 is 31.5. The van der Waals surface area contributed by atoms with Crippen molar-refractivity contribution in [2.24, 2.45) is 0 Å². The number of methoxy groups -OCH3 is 1. The highest BCUT2D eigenvalue weighted by Crippen LogP contribution is 2.36. The molecule has 0 saturated carbocycles. The van der Waals surface area contributed by atoms with Crippen LogP contribution in [0.25, 0.3) is 56.3 Å². The molecule has 5 amide bonds. The number of rotatable bonds is 33. The first-order valence-electron chi connectivity index (χ1n) is 45.5. The number of anilines is 8. The van der Waals surface area contributed by atoms with Crippen LogP contribution in [-0.2, 0) is 29.3 Å². The maximum atomic E-state index is 12.8. The Morgan fingerprint density at radius 2 is 0.779 bits per heavy atom. The number of hydrogen-bond donors (Lipinski definition) is 9. The fourth-order valence-corrected chi connectivity index (χ4v) is 17.6. The maximum Gasteiger partial charge on any atom is 0.257 e. The van der Waals surface area contributed by atoms with Gasteiger partial charge in [-0.3, -0.25) is 48.9 Å². The van der Waals surface area contributed by atoms with Crippen molar-refractivity contribution in [2.45, 2.75) is 30.2 Å². The highest BCUT2D eigenvalue weighted by molar-refractivity contribution is 7.91. The Bertz CT molecular complexity index is 7160. The number of aliphatic hydroxyl groups is 1. The topological polar surface area (TPSA) is 401 Å². The molecule has 1 saturated heterocycles. The second-order valence-electron chi connectivity index (χ2n) is 32.8. The van der Waals surface area contributed by atoms with Crippen LogP contribution in [-0.4, -0.2) is 214 Å². The number of sulfonamides is 1. The highest BCUT2D eigenvalue weighted by Gasteiger charge is 2.24. The van der Waals surface area contributed by atoms with Crippen molar-refractivity contribution in [3.05, 3.63) is 368 Å². The van der Waals surface area contributed by atoms with Crippen molar-refractivity contribution in [1.82, 2.24) is 54.4 Å². The third-order valence-electron chi connectivity index (χ3n) is 21.6. The first kappa shape index (κ1) is 109. The molecule has 0 unspecified atom stereocenters. The number of hydrogen-bond acceptors (Lipinski definition) is 25. The van der Waals surface area contributed by atoms with Gasteiger partial charge >= 0.3 is 0 Å². The first-order chi connectivity index (χ1) is 69.9. The van der Waals surface area contributed by atoms with Crippen molar-refractivity contribution in [1.29, 1.82) is 0 Å². The van der Waals surface area contributed by atoms with E-state index in [2.05, 4.69) is 86.7 Å². The zero-order valence-electron chi connectivity index (χ0n) is 80.1. The molecule has 9 N–H and O–H groups in total. The highest BCUT2D eigenvalue weighted by atomic mass is 35.5. The maximum absolute atomic E-state index is 12.8. The summed E-state index contributed by atoms with van der Waals surface area (Å²) in [6.45, 7) is 9.72. The minimum absolute atomic E-state index is 0.00420. The van der Waals surface area contributed by atoms with E-state index in [1.54, 1.807) is 161 Å². The van der Waals surface area contributed by atoms with Crippen LogP contribution in [0.2, 0.25) is 25.1 Å². The van der Waals surface area contributed by atoms with E-state index in [-0.39, 0.29) is 51.8 Å². The van der Waals surface area contributed by atoms with Gasteiger partial charge in [0, 0.05) is 162 Å². The number of carbonyl (C=O) groups is 5. The summed E-state index contributed by atoms with van der Waals surface area (Å²) in [7, 11) is 2.00. The average molecular weight is 2090 g/mol. The Hall–Kier alpha value is -14.4. The number of sulfone groups is 1. The Morgan fingerprint density at radius 1 is 0.400 bits per heavy atom. The van der Waals surface area contributed by atoms with Gasteiger partial charge in [-0.2, -0.15) is 0 Å². The molecule has 15 aromatic rings. The van der Waals surface area contributed by atoms with Crippen LogP contribution in [0, 0.1) is 13.8 Å². The molecule has 748 valence electrons. The Balaban J connectivity index is 0.000000162. The molecule has 7 aromatic carbocycles. The van der Waals surface area contributed by atoms with Crippen LogP contribution in [0.4, 0.5) is 45.8 Å². The normalized spacial score (nSPS) is 11.6. The van der Waals surface area contributed by atoms with Gasteiger partial charge in [0.05, 0.1) is 113 Å². The number of nitrogens with zero attached hydrogens (tertiary/aromatic N) is 11. The number of pyridine rings is 8. The SMILES string of the molecule is CN(C)CCNS(=O)(=O)c1ccc(C(=O)Nc2ccc(Cl)c(-c3ccccn3)c2)cc1.COCCNc1cc(C(=O)Nc2ccc(Cl)c(-c3ccccn3)c2)ccn1.Cc1nc(NCCO)ccc1C(=O)Nc1ccc(Cl)c(-c2ccccn2)c1.Cc1nc(S(=O)(=O)CCCN(C)C)ccc1C(=O)Nc1ccc(Cl)c(-c2ccccn2)c1.O=C(Nc1ccc(Cl)c(-c2ccccn2)c1)c1ccc(N2CCOCC2)cc1. The molecular formula is C107H106Cl5N19O12S2. The lowest BCUT2D eigenvalue weighted by Crippen LogP contribution is -2.36. The van der Waals surface area contributed by atoms with E-state index in [1.807, 2.05) is 165 Å². The van der Waals surface area contributed by atoms with Crippen molar-refractivity contribution < 1.29 is 55.4 Å². The van der Waals surface area contributed by atoms with E-state index in [4.69, 9.17) is 72.6 Å². The Morgan fingerprint density at radius 3 is 1.15 bits per heavy atom. The zero-order chi connectivity index (χ0) is 103. The lowest BCUT2D eigenvalue weighted by molar-refractivity contribution is 0.101. The lowest BCUT2D eigenvalue weighted by atomic mass is 10.1. The van der Waals surface area contributed by atoms with E-state index in [1.165, 1.54) is 36.4 Å². The van der Waals surface area contributed by atoms with Crippen LogP contribution in [0.15, 0.2) is 314 Å². The number of nitrogens with one attached hydrogen (secondary N) is 8. The predicted molar refractivity (Wildman–Crippen MR) is 576 cm³/mol. The average Bonchev–Trinajstić information content (AvgIpc) is 0.820. The van der Waals surface area contributed by atoms with E-state index in [0.717, 1.165) is 65.8 Å². The largest absolute Gasteiger partial charge is 0.395 e. The van der Waals surface area contributed by atoms with Crippen molar-refractivity contribution in [3.63, 3.8) is 0 Å². The zero-order valence-corrected chi connectivity index (χ0v) is 85.5. The summed E-state index contributed by atoms with van der Waals surface area (Å²) in [6.07, 6.45) is 10.5. The molecule has 0 radical (unpaired) electrons. The van der Waals surface area contributed by atoms with E-state index >= 15 is 0 Å². The first-order valence-corrected chi connectivity index (χ1v) is 50.6. The molecule has 38 heteroatoms. The van der Waals surface area contributed by atoms with Gasteiger partial charge in [-0.05, 0) is 292 Å². The number of ether oxygens (including phenoxy) is 2. The number of carbonyl (C=O) groups excluding carboxylic acids is 5. The Labute approximate surface area is 867 Å². The molecule has 0 bridgehead atoms. The molecule has 0 aliphatic carbocycles. The molecule has 145 heavy (non-hydrogen) atoms. The molecular weight excluding hydrogens is 1980 g/mol. The number of aliphatic hydroxyl groups excluding tert-OH is 1. The summed E-state index contributed by atoms with van der Waals surface area (Å²) in [4.78, 5) is 104. The quantitative estimate of drug-likeness (QED) is 0.0173. The van der Waals surface area contributed by atoms with Crippen molar-refractivity contribution in [2.75, 3.05) is 155 Å². The third-order valence-corrected chi connectivity index (χ3v) is 26.4. The minimum Gasteiger partial charge on any atom is -0.395 e. The van der Waals surface area contributed by atoms with Gasteiger partial charge in [0.2, 0.25) is 10.0 Å². The summed E-state index contributed by atoms with van der Waals surface area (Å²) < 4.78 is 62.7. The van der Waals surface area contributed by atoms with E-state index < -0.39 is 19.9 Å². The van der Waals surface area contributed by atoms with Crippen molar-refractivity contribution >= 4 is 153 Å². The van der Waals surface area contributed by atoms with Gasteiger partial charge in [-0.15, -0.1) is 0 Å². The summed E-state index contributed by atoms with van der Waals surface area (Å²) in [6, 6.07) is 77.1. The molecule has 9 heterocycles. The van der Waals surface area contributed by atoms with Crippen LogP contribution < -0.4 is 46.8 Å². The number of amides is 5. The molecule has 1 aliphatic rings. The molecule has 1 aliphatic heterocycles. The fourth-order valence-electron chi connectivity index (χ4n) is 14.2. The second kappa shape index (κ2) is 54.3. The van der Waals surface area contributed by atoms with Gasteiger partial charge in [-0.1, -0.05) is 88.3 Å². The van der Waals surface area contributed by atoms with Gasteiger partial charge < -0.3 is 66.5 Å². The molecule has 1 fully saturated rings. The van der Waals surface area contributed by atoms with Crippen LogP contribution in [0.1, 0.15) is 69.6 Å². The van der Waals surface area contributed by atoms with E-state index in [9.17, 15) is 40.8 Å². The second-order valence-corrected chi connectivity index (χ2v) is 38.6. The third kappa shape index (κ3) is 32.8. The summed E-state index contributed by atoms with van der Waals surface area (Å²) in [5.74, 6) is -0.177.